The zero-order valence-electron chi connectivity index (χ0n) is 16.5. The van der Waals surface area contributed by atoms with Crippen molar-refractivity contribution in [3.05, 3.63) is 60.2 Å². The summed E-state index contributed by atoms with van der Waals surface area (Å²) in [4.78, 5) is 19.2. The van der Waals surface area contributed by atoms with Gasteiger partial charge in [-0.3, -0.25) is 9.69 Å². The van der Waals surface area contributed by atoms with E-state index in [1.165, 1.54) is 5.69 Å². The maximum absolute atomic E-state index is 12.7. The predicted octanol–water partition coefficient (Wildman–Crippen LogP) is 3.04. The minimum absolute atomic E-state index is 0.0803. The number of methoxy groups -OCH3 is 1. The van der Waals surface area contributed by atoms with Crippen LogP contribution in [-0.2, 0) is 4.79 Å². The second kappa shape index (κ2) is 8.91. The molecule has 0 aromatic heterocycles. The molecule has 0 spiro atoms. The molecule has 1 aliphatic heterocycles. The first kappa shape index (κ1) is 19.2. The van der Waals surface area contributed by atoms with Gasteiger partial charge in [0.2, 0.25) is 5.91 Å². The van der Waals surface area contributed by atoms with Crippen molar-refractivity contribution in [1.82, 2.24) is 9.80 Å². The van der Waals surface area contributed by atoms with Crippen LogP contribution in [0.2, 0.25) is 0 Å². The Morgan fingerprint density at radius 1 is 1.07 bits per heavy atom. The number of piperazine rings is 1. The van der Waals surface area contributed by atoms with Crippen molar-refractivity contribution < 1.29 is 9.53 Å². The highest BCUT2D eigenvalue weighted by Gasteiger charge is 2.23. The van der Waals surface area contributed by atoms with E-state index in [2.05, 4.69) is 41.0 Å². The van der Waals surface area contributed by atoms with Gasteiger partial charge in [-0.2, -0.15) is 0 Å². The molecule has 1 fully saturated rings. The van der Waals surface area contributed by atoms with Crippen LogP contribution in [0.25, 0.3) is 0 Å². The summed E-state index contributed by atoms with van der Waals surface area (Å²) in [5.41, 5.74) is 2.34. The molecule has 5 nitrogen and oxygen atoms in total. The highest BCUT2D eigenvalue weighted by Crippen LogP contribution is 2.22. The zero-order valence-corrected chi connectivity index (χ0v) is 16.5. The average molecular weight is 367 g/mol. The molecule has 0 radical (unpaired) electrons. The van der Waals surface area contributed by atoms with Crippen LogP contribution < -0.4 is 9.64 Å². The molecule has 2 aromatic carbocycles. The summed E-state index contributed by atoms with van der Waals surface area (Å²) in [6.45, 7) is 6.15. The Hall–Kier alpha value is -2.53. The van der Waals surface area contributed by atoms with Crippen molar-refractivity contribution in [3.63, 3.8) is 0 Å². The first-order chi connectivity index (χ1) is 13.1. The number of ether oxygens (including phenoxy) is 1. The number of benzene rings is 2. The van der Waals surface area contributed by atoms with Gasteiger partial charge in [0.05, 0.1) is 19.7 Å². The van der Waals surface area contributed by atoms with Crippen LogP contribution in [0.3, 0.4) is 0 Å². The van der Waals surface area contributed by atoms with Gasteiger partial charge < -0.3 is 14.5 Å². The Kier molecular flexibility index (Phi) is 6.35. The van der Waals surface area contributed by atoms with Crippen LogP contribution in [0.5, 0.6) is 5.75 Å². The maximum atomic E-state index is 12.7. The number of carbonyl (C=O) groups is 1. The van der Waals surface area contributed by atoms with Gasteiger partial charge in [-0.1, -0.05) is 36.4 Å². The first-order valence-electron chi connectivity index (χ1n) is 9.50. The summed E-state index contributed by atoms with van der Waals surface area (Å²) >= 11 is 0. The molecular weight excluding hydrogens is 338 g/mol. The Morgan fingerprint density at radius 3 is 2.44 bits per heavy atom. The van der Waals surface area contributed by atoms with E-state index < -0.39 is 0 Å². The van der Waals surface area contributed by atoms with Crippen molar-refractivity contribution in [3.8, 4) is 5.75 Å². The SMILES string of the molecule is COc1cccc(N2CCN(CC(=O)N(C)C(C)c3ccccc3)CC2)c1. The smallest absolute Gasteiger partial charge is 0.236 e. The fraction of sp³-hybridized carbons (Fsp3) is 0.409. The van der Waals surface area contributed by atoms with E-state index in [0.29, 0.717) is 6.54 Å². The summed E-state index contributed by atoms with van der Waals surface area (Å²) < 4.78 is 5.32. The number of likely N-dealkylation sites (N-methyl/N-ethyl adjacent to an activating group) is 1. The lowest BCUT2D eigenvalue weighted by molar-refractivity contribution is -0.133. The molecule has 0 saturated carbocycles. The minimum Gasteiger partial charge on any atom is -0.497 e. The van der Waals surface area contributed by atoms with Crippen molar-refractivity contribution in [2.45, 2.75) is 13.0 Å². The molecule has 0 N–H and O–H groups in total. The number of nitrogens with zero attached hydrogens (tertiary/aromatic N) is 3. The normalized spacial score (nSPS) is 16.0. The zero-order chi connectivity index (χ0) is 19.2. The largest absolute Gasteiger partial charge is 0.497 e. The molecule has 5 heteroatoms. The number of amides is 1. The van der Waals surface area contributed by atoms with Crippen LogP contribution >= 0.6 is 0 Å². The second-order valence-corrected chi connectivity index (χ2v) is 7.06. The van der Waals surface area contributed by atoms with E-state index >= 15 is 0 Å². The molecule has 1 heterocycles. The molecule has 1 amide bonds. The molecular formula is C22H29N3O2. The quantitative estimate of drug-likeness (QED) is 0.786. The molecule has 1 saturated heterocycles. The monoisotopic (exact) mass is 367 g/mol. The minimum atomic E-state index is 0.0803. The Labute approximate surface area is 162 Å². The van der Waals surface area contributed by atoms with Gasteiger partial charge >= 0.3 is 0 Å². The highest BCUT2D eigenvalue weighted by atomic mass is 16.5. The molecule has 1 aliphatic rings. The van der Waals surface area contributed by atoms with Crippen LogP contribution in [0, 0.1) is 0 Å². The summed E-state index contributed by atoms with van der Waals surface area (Å²) in [6, 6.07) is 18.4. The van der Waals surface area contributed by atoms with E-state index in [0.717, 1.165) is 37.5 Å². The van der Waals surface area contributed by atoms with Crippen LogP contribution in [0.4, 0.5) is 5.69 Å². The lowest BCUT2D eigenvalue weighted by Gasteiger charge is -2.37. The van der Waals surface area contributed by atoms with Crippen molar-refractivity contribution in [2.75, 3.05) is 51.8 Å². The molecule has 0 bridgehead atoms. The van der Waals surface area contributed by atoms with E-state index in [-0.39, 0.29) is 11.9 Å². The van der Waals surface area contributed by atoms with Gasteiger partial charge in [-0.05, 0) is 24.6 Å². The van der Waals surface area contributed by atoms with Gasteiger partial charge in [0.1, 0.15) is 5.75 Å². The third-order valence-corrected chi connectivity index (χ3v) is 5.41. The molecule has 3 rings (SSSR count). The van der Waals surface area contributed by atoms with E-state index in [1.54, 1.807) is 7.11 Å². The lowest BCUT2D eigenvalue weighted by atomic mass is 10.1. The number of hydrogen-bond donors (Lipinski definition) is 0. The summed E-state index contributed by atoms with van der Waals surface area (Å²) in [5.74, 6) is 1.04. The summed E-state index contributed by atoms with van der Waals surface area (Å²) in [6.07, 6.45) is 0. The van der Waals surface area contributed by atoms with Gasteiger partial charge in [0.25, 0.3) is 0 Å². The van der Waals surface area contributed by atoms with E-state index in [9.17, 15) is 4.79 Å². The Morgan fingerprint density at radius 2 is 1.78 bits per heavy atom. The molecule has 1 unspecified atom stereocenters. The molecule has 144 valence electrons. The van der Waals surface area contributed by atoms with Crippen LogP contribution in [0.1, 0.15) is 18.5 Å². The summed E-state index contributed by atoms with van der Waals surface area (Å²) in [5, 5.41) is 0. The standard InChI is InChI=1S/C22H29N3O2/c1-18(19-8-5-4-6-9-19)23(2)22(26)17-24-12-14-25(15-13-24)20-10-7-11-21(16-20)27-3/h4-11,16,18H,12-15,17H2,1-3H3. The Balaban J connectivity index is 1.51. The number of rotatable bonds is 6. The molecule has 0 aliphatic carbocycles. The van der Waals surface area contributed by atoms with Crippen LogP contribution in [-0.4, -0.2) is 62.6 Å². The molecule has 27 heavy (non-hydrogen) atoms. The van der Waals surface area contributed by atoms with E-state index in [4.69, 9.17) is 4.74 Å². The molecule has 1 atom stereocenters. The third-order valence-electron chi connectivity index (χ3n) is 5.41. The second-order valence-electron chi connectivity index (χ2n) is 7.06. The number of carbonyl (C=O) groups excluding carboxylic acids is 1. The van der Waals surface area contributed by atoms with Crippen molar-refractivity contribution in [1.29, 1.82) is 0 Å². The van der Waals surface area contributed by atoms with Gasteiger partial charge in [-0.25, -0.2) is 0 Å². The van der Waals surface area contributed by atoms with E-state index in [1.807, 2.05) is 42.3 Å². The Bertz CT molecular complexity index is 742. The van der Waals surface area contributed by atoms with Crippen LogP contribution in [0.15, 0.2) is 54.6 Å². The van der Waals surface area contributed by atoms with Gasteiger partial charge in [0, 0.05) is 45.0 Å². The highest BCUT2D eigenvalue weighted by molar-refractivity contribution is 5.78. The topological polar surface area (TPSA) is 36.0 Å². The molecule has 2 aromatic rings. The number of hydrogen-bond acceptors (Lipinski definition) is 4. The van der Waals surface area contributed by atoms with Gasteiger partial charge in [0.15, 0.2) is 0 Å². The van der Waals surface area contributed by atoms with Crippen molar-refractivity contribution in [2.24, 2.45) is 0 Å². The first-order valence-corrected chi connectivity index (χ1v) is 9.50. The fourth-order valence-electron chi connectivity index (χ4n) is 3.45. The van der Waals surface area contributed by atoms with Gasteiger partial charge in [-0.15, -0.1) is 0 Å². The lowest BCUT2D eigenvalue weighted by Crippen LogP contribution is -2.50. The summed E-state index contributed by atoms with van der Waals surface area (Å²) in [7, 11) is 3.59. The maximum Gasteiger partial charge on any atom is 0.236 e. The number of anilines is 1. The van der Waals surface area contributed by atoms with Crippen molar-refractivity contribution >= 4 is 11.6 Å². The third kappa shape index (κ3) is 4.80. The predicted molar refractivity (Wildman–Crippen MR) is 109 cm³/mol. The average Bonchev–Trinajstić information content (AvgIpc) is 2.73. The fourth-order valence-corrected chi connectivity index (χ4v) is 3.45.